The van der Waals surface area contributed by atoms with Crippen LogP contribution >= 0.6 is 0 Å². The second kappa shape index (κ2) is 8.49. The second-order valence-electron chi connectivity index (χ2n) is 6.68. The van der Waals surface area contributed by atoms with Crippen LogP contribution in [0.25, 0.3) is 0 Å². The zero-order valence-electron chi connectivity index (χ0n) is 15.5. The number of benzene rings is 3. The number of nitrogens with one attached hydrogen (secondary N) is 1. The van der Waals surface area contributed by atoms with E-state index in [1.807, 2.05) is 79.7 Å². The first-order valence-electron chi connectivity index (χ1n) is 8.91. The third-order valence-electron chi connectivity index (χ3n) is 4.51. The Bertz CT molecular complexity index is 855. The molecule has 0 fully saturated rings. The van der Waals surface area contributed by atoms with Gasteiger partial charge in [0.2, 0.25) is 5.91 Å². The van der Waals surface area contributed by atoms with Crippen LogP contribution in [0.3, 0.4) is 0 Å². The van der Waals surface area contributed by atoms with Crippen LogP contribution in [-0.4, -0.2) is 20.0 Å². The summed E-state index contributed by atoms with van der Waals surface area (Å²) in [6, 6.07) is 24.3. The molecule has 0 bridgehead atoms. The quantitative estimate of drug-likeness (QED) is 0.665. The molecule has 0 heterocycles. The molecule has 3 aromatic rings. The highest BCUT2D eigenvalue weighted by atomic mass is 19.1. The molecule has 0 radical (unpaired) electrons. The van der Waals surface area contributed by atoms with Crippen molar-refractivity contribution >= 4 is 17.3 Å². The molecule has 27 heavy (non-hydrogen) atoms. The fourth-order valence-corrected chi connectivity index (χ4v) is 3.18. The normalized spacial score (nSPS) is 10.7. The first-order valence-corrected chi connectivity index (χ1v) is 8.91. The fourth-order valence-electron chi connectivity index (χ4n) is 3.18. The van der Waals surface area contributed by atoms with Crippen molar-refractivity contribution in [3.63, 3.8) is 0 Å². The summed E-state index contributed by atoms with van der Waals surface area (Å²) in [4.78, 5) is 14.7. The van der Waals surface area contributed by atoms with Crippen molar-refractivity contribution in [1.82, 2.24) is 0 Å². The third-order valence-corrected chi connectivity index (χ3v) is 4.51. The van der Waals surface area contributed by atoms with Crippen molar-refractivity contribution in [3.05, 3.63) is 95.8 Å². The van der Waals surface area contributed by atoms with E-state index >= 15 is 0 Å². The Kier molecular flexibility index (Phi) is 5.87. The number of anilines is 2. The highest BCUT2D eigenvalue weighted by molar-refractivity contribution is 5.95. The van der Waals surface area contributed by atoms with Crippen molar-refractivity contribution < 1.29 is 9.18 Å². The SMILES string of the molecule is CN(C)c1ccc(F)cc1NC(=O)CC(c1ccccc1)c1ccccc1. The van der Waals surface area contributed by atoms with Gasteiger partial charge >= 0.3 is 0 Å². The summed E-state index contributed by atoms with van der Waals surface area (Å²) < 4.78 is 13.7. The minimum Gasteiger partial charge on any atom is -0.376 e. The molecule has 0 aliphatic heterocycles. The average molecular weight is 362 g/mol. The minimum absolute atomic E-state index is 0.0660. The topological polar surface area (TPSA) is 32.3 Å². The van der Waals surface area contributed by atoms with Crippen molar-refractivity contribution in [2.24, 2.45) is 0 Å². The fraction of sp³-hybridized carbons (Fsp3) is 0.174. The van der Waals surface area contributed by atoms with Crippen molar-refractivity contribution in [1.29, 1.82) is 0 Å². The predicted octanol–water partition coefficient (Wildman–Crippen LogP) is 5.05. The monoisotopic (exact) mass is 362 g/mol. The van der Waals surface area contributed by atoms with Gasteiger partial charge in [-0.25, -0.2) is 4.39 Å². The van der Waals surface area contributed by atoms with Crippen LogP contribution in [-0.2, 0) is 4.79 Å². The van der Waals surface area contributed by atoms with Gasteiger partial charge in [0.15, 0.2) is 0 Å². The summed E-state index contributed by atoms with van der Waals surface area (Å²) >= 11 is 0. The van der Waals surface area contributed by atoms with E-state index in [0.717, 1.165) is 16.8 Å². The largest absolute Gasteiger partial charge is 0.376 e. The zero-order chi connectivity index (χ0) is 19.2. The van der Waals surface area contributed by atoms with Crippen LogP contribution in [0.5, 0.6) is 0 Å². The van der Waals surface area contributed by atoms with Crippen LogP contribution in [0, 0.1) is 5.82 Å². The number of hydrogen-bond acceptors (Lipinski definition) is 2. The van der Waals surface area contributed by atoms with Crippen LogP contribution < -0.4 is 10.2 Å². The molecule has 0 aliphatic carbocycles. The Labute approximate surface area is 159 Å². The van der Waals surface area contributed by atoms with Gasteiger partial charge in [-0.2, -0.15) is 0 Å². The number of nitrogens with zero attached hydrogens (tertiary/aromatic N) is 1. The van der Waals surface area contributed by atoms with Crippen LogP contribution in [0.1, 0.15) is 23.5 Å². The molecule has 0 aromatic heterocycles. The van der Waals surface area contributed by atoms with E-state index in [2.05, 4.69) is 5.32 Å². The van der Waals surface area contributed by atoms with E-state index in [9.17, 15) is 9.18 Å². The number of halogens is 1. The standard InChI is InChI=1S/C23H23FN2O/c1-26(2)22-14-13-19(24)15-21(22)25-23(27)16-20(17-9-5-3-6-10-17)18-11-7-4-8-12-18/h3-15,20H,16H2,1-2H3,(H,25,27). The Balaban J connectivity index is 1.85. The highest BCUT2D eigenvalue weighted by Gasteiger charge is 2.19. The molecule has 0 aliphatic rings. The number of hydrogen-bond donors (Lipinski definition) is 1. The van der Waals surface area contributed by atoms with Gasteiger partial charge in [-0.15, -0.1) is 0 Å². The van der Waals surface area contributed by atoms with Crippen LogP contribution in [0.15, 0.2) is 78.9 Å². The summed E-state index contributed by atoms with van der Waals surface area (Å²) in [5.41, 5.74) is 3.39. The van der Waals surface area contributed by atoms with Gasteiger partial charge in [-0.1, -0.05) is 60.7 Å². The lowest BCUT2D eigenvalue weighted by Crippen LogP contribution is -2.19. The maximum Gasteiger partial charge on any atom is 0.225 e. The molecule has 0 spiro atoms. The molecule has 0 saturated carbocycles. The van der Waals surface area contributed by atoms with Gasteiger partial charge in [0.05, 0.1) is 11.4 Å². The summed E-state index contributed by atoms with van der Waals surface area (Å²) in [6.07, 6.45) is 0.275. The second-order valence-corrected chi connectivity index (χ2v) is 6.68. The Morgan fingerprint density at radius 3 is 2.00 bits per heavy atom. The van der Waals surface area contributed by atoms with Crippen LogP contribution in [0.4, 0.5) is 15.8 Å². The predicted molar refractivity (Wildman–Crippen MR) is 109 cm³/mol. The molecule has 1 N–H and O–H groups in total. The summed E-state index contributed by atoms with van der Waals surface area (Å²) in [7, 11) is 3.72. The molecule has 0 unspecified atom stereocenters. The zero-order valence-corrected chi connectivity index (χ0v) is 15.5. The van der Waals surface area contributed by atoms with Gasteiger partial charge < -0.3 is 10.2 Å². The average Bonchev–Trinajstić information content (AvgIpc) is 2.67. The first-order chi connectivity index (χ1) is 13.0. The summed E-state index contributed by atoms with van der Waals surface area (Å²) in [5.74, 6) is -0.594. The van der Waals surface area contributed by atoms with Gasteiger partial charge in [0.25, 0.3) is 0 Å². The van der Waals surface area contributed by atoms with E-state index in [0.29, 0.717) is 5.69 Å². The summed E-state index contributed by atoms with van der Waals surface area (Å²) in [6.45, 7) is 0. The molecule has 138 valence electrons. The van der Waals surface area contributed by atoms with Gasteiger partial charge in [-0.05, 0) is 29.3 Å². The lowest BCUT2D eigenvalue weighted by atomic mass is 9.88. The maximum absolute atomic E-state index is 13.7. The third kappa shape index (κ3) is 4.73. The van der Waals surface area contributed by atoms with Gasteiger partial charge in [0, 0.05) is 26.4 Å². The maximum atomic E-state index is 13.7. The number of amides is 1. The van der Waals surface area contributed by atoms with Crippen molar-refractivity contribution in [2.75, 3.05) is 24.3 Å². The highest BCUT2D eigenvalue weighted by Crippen LogP contribution is 2.30. The van der Waals surface area contributed by atoms with Gasteiger partial charge in [0.1, 0.15) is 5.82 Å². The molecule has 4 heteroatoms. The number of carbonyl (C=O) groups is 1. The van der Waals surface area contributed by atoms with E-state index in [1.165, 1.54) is 12.1 Å². The Morgan fingerprint density at radius 1 is 0.926 bits per heavy atom. The lowest BCUT2D eigenvalue weighted by Gasteiger charge is -2.20. The number of rotatable bonds is 6. The van der Waals surface area contributed by atoms with E-state index in [4.69, 9.17) is 0 Å². The summed E-state index contributed by atoms with van der Waals surface area (Å²) in [5, 5.41) is 2.88. The Morgan fingerprint density at radius 2 is 1.48 bits per heavy atom. The molecule has 3 rings (SSSR count). The smallest absolute Gasteiger partial charge is 0.225 e. The molecule has 3 nitrogen and oxygen atoms in total. The van der Waals surface area contributed by atoms with Gasteiger partial charge in [-0.3, -0.25) is 4.79 Å². The molecule has 0 saturated heterocycles. The van der Waals surface area contributed by atoms with E-state index in [-0.39, 0.29) is 24.1 Å². The lowest BCUT2D eigenvalue weighted by molar-refractivity contribution is -0.116. The Hall–Kier alpha value is -3.14. The van der Waals surface area contributed by atoms with E-state index in [1.54, 1.807) is 6.07 Å². The van der Waals surface area contributed by atoms with Crippen molar-refractivity contribution in [2.45, 2.75) is 12.3 Å². The minimum atomic E-state index is -0.376. The van der Waals surface area contributed by atoms with Crippen LogP contribution in [0.2, 0.25) is 0 Å². The molecule has 0 atom stereocenters. The number of carbonyl (C=O) groups excluding carboxylic acids is 1. The molecule has 1 amide bonds. The molecular weight excluding hydrogens is 339 g/mol. The van der Waals surface area contributed by atoms with Crippen molar-refractivity contribution in [3.8, 4) is 0 Å². The molecule has 3 aromatic carbocycles. The molecular formula is C23H23FN2O. The van der Waals surface area contributed by atoms with E-state index < -0.39 is 0 Å². The first kappa shape index (κ1) is 18.6.